The van der Waals surface area contributed by atoms with Crippen LogP contribution in [0.4, 0.5) is 0 Å². The molecule has 0 radical (unpaired) electrons. The van der Waals surface area contributed by atoms with E-state index >= 15 is 0 Å². The molecule has 13 aromatic rings. The predicted molar refractivity (Wildman–Crippen MR) is 287 cm³/mol. The Morgan fingerprint density at radius 2 is 0.485 bits per heavy atom. The molecule has 0 spiro atoms. The molecule has 0 fully saturated rings. The maximum atomic E-state index is 2.44. The van der Waals surface area contributed by atoms with Gasteiger partial charge in [0.05, 0.1) is 22.1 Å². The van der Waals surface area contributed by atoms with Gasteiger partial charge in [-0.3, -0.25) is 0 Å². The van der Waals surface area contributed by atoms with Crippen LogP contribution in [0.1, 0.15) is 0 Å². The van der Waals surface area contributed by atoms with Crippen molar-refractivity contribution in [3.8, 4) is 89.3 Å². The van der Waals surface area contributed by atoms with Crippen LogP contribution < -0.4 is 0 Å². The normalized spacial score (nSPS) is 11.8. The van der Waals surface area contributed by atoms with Crippen molar-refractivity contribution < 1.29 is 0 Å². The van der Waals surface area contributed by atoms with Gasteiger partial charge < -0.3 is 9.13 Å². The Morgan fingerprint density at radius 1 is 0.176 bits per heavy atom. The first-order chi connectivity index (χ1) is 33.7. The monoisotopic (exact) mass is 862 g/mol. The zero-order valence-corrected chi connectivity index (χ0v) is 37.1. The minimum absolute atomic E-state index is 1.16. The number of fused-ring (bicyclic) bond motifs is 14. The predicted octanol–water partition coefficient (Wildman–Crippen LogP) is 17.9. The first-order valence-electron chi connectivity index (χ1n) is 23.5. The number of rotatable bonds is 5. The fourth-order valence-electron chi connectivity index (χ4n) is 11.2. The fraction of sp³-hybridized carbons (Fsp3) is 0. The Balaban J connectivity index is 1.01. The highest BCUT2D eigenvalue weighted by Crippen LogP contribution is 2.49. The van der Waals surface area contributed by atoms with E-state index in [2.05, 4.69) is 264 Å². The van der Waals surface area contributed by atoms with Gasteiger partial charge in [-0.2, -0.15) is 0 Å². The second kappa shape index (κ2) is 15.3. The van der Waals surface area contributed by atoms with Crippen molar-refractivity contribution in [1.82, 2.24) is 9.13 Å². The minimum Gasteiger partial charge on any atom is -0.309 e. The average molecular weight is 863 g/mol. The van der Waals surface area contributed by atoms with E-state index < -0.39 is 0 Å². The SMILES string of the molecule is c1ccc(-n2c3ccccc3c3cc(-c4cc(-c5ccc6c(c5)-c5ccccc5-c5ccccc5-c5ccccc5-6)cc(-c5ccc6c(c5)c5ccccc5n6-c5ccccc5)c4)ccc32)cc1. The van der Waals surface area contributed by atoms with Gasteiger partial charge >= 0.3 is 0 Å². The molecule has 316 valence electrons. The molecule has 1 aliphatic rings. The van der Waals surface area contributed by atoms with Crippen LogP contribution in [-0.4, -0.2) is 9.13 Å². The first-order valence-corrected chi connectivity index (χ1v) is 23.5. The second-order valence-corrected chi connectivity index (χ2v) is 18.0. The summed E-state index contributed by atoms with van der Waals surface area (Å²) in [6.07, 6.45) is 0. The van der Waals surface area contributed by atoms with Crippen molar-refractivity contribution in [2.45, 2.75) is 0 Å². The Morgan fingerprint density at radius 3 is 0.912 bits per heavy atom. The molecule has 0 bridgehead atoms. The number of hydrogen-bond acceptors (Lipinski definition) is 0. The number of aromatic nitrogens is 2. The van der Waals surface area contributed by atoms with E-state index in [1.807, 2.05) is 0 Å². The Kier molecular flexibility index (Phi) is 8.62. The van der Waals surface area contributed by atoms with Crippen molar-refractivity contribution in [3.05, 3.63) is 255 Å². The van der Waals surface area contributed by atoms with Gasteiger partial charge in [-0.15, -0.1) is 0 Å². The molecule has 2 nitrogen and oxygen atoms in total. The van der Waals surface area contributed by atoms with Crippen LogP contribution in [0.2, 0.25) is 0 Å². The third-order valence-corrected chi connectivity index (χ3v) is 14.3. The second-order valence-electron chi connectivity index (χ2n) is 18.0. The highest BCUT2D eigenvalue weighted by Gasteiger charge is 2.23. The summed E-state index contributed by atoms with van der Waals surface area (Å²) in [5, 5.41) is 4.96. The van der Waals surface area contributed by atoms with Gasteiger partial charge in [0.25, 0.3) is 0 Å². The van der Waals surface area contributed by atoms with E-state index in [9.17, 15) is 0 Å². The van der Waals surface area contributed by atoms with Crippen LogP contribution in [0.3, 0.4) is 0 Å². The van der Waals surface area contributed by atoms with Crippen LogP contribution in [0.15, 0.2) is 255 Å². The first kappa shape index (κ1) is 38.3. The van der Waals surface area contributed by atoms with Gasteiger partial charge in [-0.1, -0.05) is 170 Å². The Labute approximate surface area is 394 Å². The molecular formula is C66H42N2. The third-order valence-electron chi connectivity index (χ3n) is 14.3. The summed E-state index contributed by atoms with van der Waals surface area (Å²) in [7, 11) is 0. The highest BCUT2D eigenvalue weighted by molar-refractivity contribution is 6.12. The Bertz CT molecular complexity index is 3950. The fourth-order valence-corrected chi connectivity index (χ4v) is 11.2. The van der Waals surface area contributed by atoms with E-state index in [0.717, 1.165) is 11.4 Å². The van der Waals surface area contributed by atoms with Crippen molar-refractivity contribution in [2.24, 2.45) is 0 Å². The number of nitrogens with zero attached hydrogens (tertiary/aromatic N) is 2. The summed E-state index contributed by atoms with van der Waals surface area (Å²) in [4.78, 5) is 0. The van der Waals surface area contributed by atoms with Crippen molar-refractivity contribution in [1.29, 1.82) is 0 Å². The molecule has 2 heteroatoms. The molecule has 0 N–H and O–H groups in total. The topological polar surface area (TPSA) is 9.86 Å². The van der Waals surface area contributed by atoms with Gasteiger partial charge in [-0.05, 0) is 163 Å². The molecule has 2 aromatic heterocycles. The average Bonchev–Trinajstić information content (AvgIpc) is 3.93. The lowest BCUT2D eigenvalue weighted by molar-refractivity contribution is 1.18. The van der Waals surface area contributed by atoms with E-state index in [0.29, 0.717) is 0 Å². The largest absolute Gasteiger partial charge is 0.309 e. The van der Waals surface area contributed by atoms with Crippen LogP contribution in [-0.2, 0) is 0 Å². The molecule has 0 atom stereocenters. The quantitative estimate of drug-likeness (QED) is 0.163. The summed E-state index contributed by atoms with van der Waals surface area (Å²) >= 11 is 0. The van der Waals surface area contributed by atoms with Crippen molar-refractivity contribution >= 4 is 43.6 Å². The van der Waals surface area contributed by atoms with Crippen LogP contribution in [0, 0.1) is 0 Å². The molecule has 0 unspecified atom stereocenters. The molecule has 1 aliphatic carbocycles. The van der Waals surface area contributed by atoms with E-state index in [-0.39, 0.29) is 0 Å². The molecule has 14 rings (SSSR count). The molecule has 68 heavy (non-hydrogen) atoms. The molecule has 0 amide bonds. The number of para-hydroxylation sites is 4. The van der Waals surface area contributed by atoms with Gasteiger partial charge in [0.2, 0.25) is 0 Å². The summed E-state index contributed by atoms with van der Waals surface area (Å²) in [6, 6.07) is 94.1. The van der Waals surface area contributed by atoms with Crippen LogP contribution >= 0.6 is 0 Å². The molecule has 2 heterocycles. The maximum absolute atomic E-state index is 2.44. The zero-order chi connectivity index (χ0) is 44.7. The molecule has 0 aliphatic heterocycles. The minimum atomic E-state index is 1.16. The lowest BCUT2D eigenvalue weighted by Gasteiger charge is -2.23. The molecule has 0 saturated carbocycles. The van der Waals surface area contributed by atoms with Crippen LogP contribution in [0.5, 0.6) is 0 Å². The lowest BCUT2D eigenvalue weighted by Crippen LogP contribution is -1.97. The van der Waals surface area contributed by atoms with Crippen molar-refractivity contribution in [2.75, 3.05) is 0 Å². The third kappa shape index (κ3) is 5.98. The van der Waals surface area contributed by atoms with Gasteiger partial charge in [0, 0.05) is 32.9 Å². The standard InChI is InChI=1S/C66H42N2/c1-3-17-49(18-4-1)67-63-29-15-13-27-58(63)61-41-44(32-35-65(61)67)47-37-46(38-48(39-47)45-33-36-66-62(42-45)59-28-14-16-30-64(59)68(66)50-19-5-2-6-20-50)43-31-34-57-55-25-10-9-23-53(55)51-21-7-8-22-52(51)54-24-11-12-26-56(54)60(57)40-43/h1-42H. The van der Waals surface area contributed by atoms with Gasteiger partial charge in [0.15, 0.2) is 0 Å². The van der Waals surface area contributed by atoms with Crippen molar-refractivity contribution in [3.63, 3.8) is 0 Å². The molecule has 11 aromatic carbocycles. The molecule has 0 saturated heterocycles. The summed E-state index contributed by atoms with van der Waals surface area (Å²) in [6.45, 7) is 0. The van der Waals surface area contributed by atoms with E-state index in [1.165, 1.54) is 122 Å². The van der Waals surface area contributed by atoms with Gasteiger partial charge in [-0.25, -0.2) is 0 Å². The highest BCUT2D eigenvalue weighted by atomic mass is 15.0. The van der Waals surface area contributed by atoms with E-state index in [1.54, 1.807) is 0 Å². The summed E-state index contributed by atoms with van der Waals surface area (Å²) in [5.74, 6) is 0. The molecular weight excluding hydrogens is 821 g/mol. The van der Waals surface area contributed by atoms with Gasteiger partial charge in [0.1, 0.15) is 0 Å². The Hall–Kier alpha value is -8.98. The summed E-state index contributed by atoms with van der Waals surface area (Å²) < 4.78 is 4.79. The number of hydrogen-bond donors (Lipinski definition) is 0. The van der Waals surface area contributed by atoms with E-state index in [4.69, 9.17) is 0 Å². The number of benzene rings is 11. The van der Waals surface area contributed by atoms with Crippen LogP contribution in [0.25, 0.3) is 133 Å². The zero-order valence-electron chi connectivity index (χ0n) is 37.1. The summed E-state index contributed by atoms with van der Waals surface area (Å²) in [5.41, 5.74) is 24.1. The smallest absolute Gasteiger partial charge is 0.0541 e. The maximum Gasteiger partial charge on any atom is 0.0541 e. The lowest BCUT2D eigenvalue weighted by atomic mass is 9.80.